The van der Waals surface area contributed by atoms with Crippen molar-refractivity contribution in [3.05, 3.63) is 47.2 Å². The van der Waals surface area contributed by atoms with E-state index in [1.807, 2.05) is 6.07 Å². The summed E-state index contributed by atoms with van der Waals surface area (Å²) >= 11 is 0. The van der Waals surface area contributed by atoms with Crippen molar-refractivity contribution in [2.75, 3.05) is 0 Å². The Hall–Kier alpha value is -1.70. The minimum absolute atomic E-state index is 0.214. The minimum Gasteiger partial charge on any atom is -0.507 e. The van der Waals surface area contributed by atoms with E-state index in [0.29, 0.717) is 11.7 Å². The fraction of sp³-hybridized carbons (Fsp3) is 0.643. The summed E-state index contributed by atoms with van der Waals surface area (Å²) in [5.74, 6) is 2.60. The molecule has 0 saturated heterocycles. The van der Waals surface area contributed by atoms with Gasteiger partial charge in [-0.15, -0.1) is 0 Å². The molecule has 2 aliphatic rings. The smallest absolute Gasteiger partial charge is 0.134 e. The van der Waals surface area contributed by atoms with Crippen molar-refractivity contribution in [3.8, 4) is 11.5 Å². The molecule has 1 aliphatic carbocycles. The molecule has 0 fully saturated rings. The second-order valence-electron chi connectivity index (χ2n) is 9.56. The van der Waals surface area contributed by atoms with Crippen molar-refractivity contribution in [2.45, 2.75) is 110 Å². The summed E-state index contributed by atoms with van der Waals surface area (Å²) in [7, 11) is 0. The highest BCUT2D eigenvalue weighted by molar-refractivity contribution is 5.54. The Labute approximate surface area is 184 Å². The Kier molecular flexibility index (Phi) is 8.90. The summed E-state index contributed by atoms with van der Waals surface area (Å²) in [4.78, 5) is 0. The van der Waals surface area contributed by atoms with Crippen LogP contribution < -0.4 is 4.74 Å². The molecule has 0 unspecified atom stereocenters. The molecule has 2 heteroatoms. The number of fused-ring (bicyclic) bond motifs is 3. The Morgan fingerprint density at radius 1 is 0.967 bits per heavy atom. The number of rotatable bonds is 12. The third-order valence-corrected chi connectivity index (χ3v) is 6.98. The third kappa shape index (κ3) is 6.15. The van der Waals surface area contributed by atoms with Crippen LogP contribution in [-0.4, -0.2) is 5.11 Å². The topological polar surface area (TPSA) is 29.5 Å². The Morgan fingerprint density at radius 3 is 2.27 bits per heavy atom. The molecule has 166 valence electrons. The van der Waals surface area contributed by atoms with Gasteiger partial charge in [0.1, 0.15) is 17.3 Å². The van der Waals surface area contributed by atoms with Gasteiger partial charge in [-0.3, -0.25) is 0 Å². The van der Waals surface area contributed by atoms with Gasteiger partial charge in [0.2, 0.25) is 0 Å². The highest BCUT2D eigenvalue weighted by Crippen LogP contribution is 2.51. The SMILES string of the molecule is C=C1Oc2cc(CCCCCCCCCCCCC)cc(O)c2[C@@H]2C=C(C)CC[C@@H]12. The van der Waals surface area contributed by atoms with Gasteiger partial charge in [-0.1, -0.05) is 89.4 Å². The number of hydrogen-bond acceptors (Lipinski definition) is 2. The quantitative estimate of drug-likeness (QED) is 0.276. The normalized spacial score (nSPS) is 20.3. The Morgan fingerprint density at radius 2 is 1.60 bits per heavy atom. The minimum atomic E-state index is 0.214. The lowest BCUT2D eigenvalue weighted by molar-refractivity contribution is 0.275. The molecule has 0 aromatic heterocycles. The van der Waals surface area contributed by atoms with Crippen molar-refractivity contribution in [2.24, 2.45) is 5.92 Å². The van der Waals surface area contributed by atoms with E-state index in [1.165, 1.54) is 81.8 Å². The van der Waals surface area contributed by atoms with E-state index < -0.39 is 0 Å². The highest BCUT2D eigenvalue weighted by Gasteiger charge is 2.36. The molecule has 1 N–H and O–H groups in total. The van der Waals surface area contributed by atoms with Crippen molar-refractivity contribution < 1.29 is 9.84 Å². The molecule has 0 spiro atoms. The van der Waals surface area contributed by atoms with Gasteiger partial charge in [-0.05, 0) is 50.3 Å². The maximum absolute atomic E-state index is 10.8. The van der Waals surface area contributed by atoms with Gasteiger partial charge in [-0.2, -0.15) is 0 Å². The standard InChI is InChI=1S/C28H42O2/c1-4-5-6-7-8-9-10-11-12-13-14-15-23-19-26(29)28-25-18-21(2)16-17-24(25)22(3)30-27(28)20-23/h18-20,24-25,29H,3-17H2,1-2H3/t24-,25+/m0/s1. The van der Waals surface area contributed by atoms with Gasteiger partial charge in [0.25, 0.3) is 0 Å². The summed E-state index contributed by atoms with van der Waals surface area (Å²) in [5, 5.41) is 10.8. The van der Waals surface area contributed by atoms with Crippen LogP contribution in [0.5, 0.6) is 11.5 Å². The van der Waals surface area contributed by atoms with Crippen LogP contribution in [0.3, 0.4) is 0 Å². The maximum atomic E-state index is 10.8. The monoisotopic (exact) mass is 410 g/mol. The van der Waals surface area contributed by atoms with E-state index >= 15 is 0 Å². The highest BCUT2D eigenvalue weighted by atomic mass is 16.5. The molecule has 2 atom stereocenters. The van der Waals surface area contributed by atoms with Crippen molar-refractivity contribution >= 4 is 0 Å². The van der Waals surface area contributed by atoms with Gasteiger partial charge in [-0.25, -0.2) is 0 Å². The third-order valence-electron chi connectivity index (χ3n) is 6.98. The van der Waals surface area contributed by atoms with E-state index in [9.17, 15) is 5.11 Å². The lowest BCUT2D eigenvalue weighted by atomic mass is 9.74. The predicted octanol–water partition coefficient (Wildman–Crippen LogP) is 8.59. The number of aryl methyl sites for hydroxylation is 1. The molecule has 1 heterocycles. The summed E-state index contributed by atoms with van der Waals surface area (Å²) in [6.45, 7) is 8.64. The summed E-state index contributed by atoms with van der Waals surface area (Å²) in [6.07, 6.45) is 20.4. The molecule has 0 amide bonds. The van der Waals surface area contributed by atoms with Gasteiger partial charge in [0, 0.05) is 17.4 Å². The first-order chi connectivity index (χ1) is 14.6. The molecule has 0 radical (unpaired) electrons. The molecular weight excluding hydrogens is 368 g/mol. The zero-order chi connectivity index (χ0) is 21.3. The molecule has 3 rings (SSSR count). The summed E-state index contributed by atoms with van der Waals surface area (Å²) < 4.78 is 6.08. The fourth-order valence-electron chi connectivity index (χ4n) is 5.16. The first-order valence-corrected chi connectivity index (χ1v) is 12.5. The van der Waals surface area contributed by atoms with E-state index in [0.717, 1.165) is 36.3 Å². The fourth-order valence-corrected chi connectivity index (χ4v) is 5.16. The number of benzene rings is 1. The largest absolute Gasteiger partial charge is 0.507 e. The first-order valence-electron chi connectivity index (χ1n) is 12.5. The average Bonchev–Trinajstić information content (AvgIpc) is 2.71. The lowest BCUT2D eigenvalue weighted by Gasteiger charge is -2.37. The summed E-state index contributed by atoms with van der Waals surface area (Å²) in [5.41, 5.74) is 3.56. The van der Waals surface area contributed by atoms with E-state index in [2.05, 4.69) is 32.6 Å². The number of unbranched alkanes of at least 4 members (excludes halogenated alkanes) is 10. The van der Waals surface area contributed by atoms with E-state index in [-0.39, 0.29) is 5.92 Å². The Bertz CT molecular complexity index is 730. The van der Waals surface area contributed by atoms with E-state index in [4.69, 9.17) is 4.74 Å². The van der Waals surface area contributed by atoms with Crippen molar-refractivity contribution in [1.29, 1.82) is 0 Å². The van der Waals surface area contributed by atoms with Crippen LogP contribution in [0.2, 0.25) is 0 Å². The number of ether oxygens (including phenoxy) is 1. The van der Waals surface area contributed by atoms with Crippen LogP contribution >= 0.6 is 0 Å². The maximum Gasteiger partial charge on any atom is 0.134 e. The van der Waals surface area contributed by atoms with Gasteiger partial charge in [0.15, 0.2) is 0 Å². The predicted molar refractivity (Wildman–Crippen MR) is 127 cm³/mol. The van der Waals surface area contributed by atoms with Crippen LogP contribution in [0, 0.1) is 5.92 Å². The molecule has 0 saturated carbocycles. The van der Waals surface area contributed by atoms with Crippen molar-refractivity contribution in [1.82, 2.24) is 0 Å². The van der Waals surface area contributed by atoms with Gasteiger partial charge >= 0.3 is 0 Å². The van der Waals surface area contributed by atoms with Crippen molar-refractivity contribution in [3.63, 3.8) is 0 Å². The molecule has 1 aliphatic heterocycles. The van der Waals surface area contributed by atoms with Crippen LogP contribution in [0.4, 0.5) is 0 Å². The molecule has 2 nitrogen and oxygen atoms in total. The molecule has 30 heavy (non-hydrogen) atoms. The Balaban J connectivity index is 1.43. The first kappa shape index (κ1) is 23.0. The van der Waals surface area contributed by atoms with Crippen LogP contribution in [0.1, 0.15) is 114 Å². The van der Waals surface area contributed by atoms with Crippen LogP contribution in [0.25, 0.3) is 0 Å². The van der Waals surface area contributed by atoms with Crippen LogP contribution in [-0.2, 0) is 6.42 Å². The number of hydrogen-bond donors (Lipinski definition) is 1. The molecule has 1 aromatic rings. The second kappa shape index (κ2) is 11.6. The second-order valence-corrected chi connectivity index (χ2v) is 9.56. The molecule has 1 aromatic carbocycles. The number of allylic oxidation sites excluding steroid dienone is 3. The number of phenols is 1. The summed E-state index contributed by atoms with van der Waals surface area (Å²) in [6, 6.07) is 4.12. The number of phenolic OH excluding ortho intramolecular Hbond substituents is 1. The van der Waals surface area contributed by atoms with Gasteiger partial charge in [0.05, 0.1) is 0 Å². The van der Waals surface area contributed by atoms with E-state index in [1.54, 1.807) is 0 Å². The van der Waals surface area contributed by atoms with Crippen LogP contribution in [0.15, 0.2) is 36.1 Å². The lowest BCUT2D eigenvalue weighted by Crippen LogP contribution is -2.25. The van der Waals surface area contributed by atoms with Gasteiger partial charge < -0.3 is 9.84 Å². The average molecular weight is 411 g/mol. The number of aromatic hydroxyl groups is 1. The zero-order valence-corrected chi connectivity index (χ0v) is 19.3. The molecular formula is C28H42O2. The zero-order valence-electron chi connectivity index (χ0n) is 19.3. The molecule has 0 bridgehead atoms.